The Balaban J connectivity index is 1.77. The minimum absolute atomic E-state index is 0.193. The molecule has 7 heteroatoms. The molecule has 0 amide bonds. The van der Waals surface area contributed by atoms with Crippen LogP contribution in [0.15, 0.2) is 12.1 Å². The van der Waals surface area contributed by atoms with Crippen molar-refractivity contribution in [3.05, 3.63) is 12.1 Å². The number of hydrogen-bond acceptors (Lipinski definition) is 6. The summed E-state index contributed by atoms with van der Waals surface area (Å²) in [7, 11) is 0. The number of nitrogens with one attached hydrogen (secondary N) is 1. The van der Waals surface area contributed by atoms with Crippen LogP contribution in [0.1, 0.15) is 32.1 Å². The van der Waals surface area contributed by atoms with Crippen molar-refractivity contribution in [3.8, 4) is 0 Å². The van der Waals surface area contributed by atoms with Crippen LogP contribution in [0.2, 0.25) is 0 Å². The SMILES string of the molecule is NC1CCCCCC1Nc1ccc2nnnn2n1. The van der Waals surface area contributed by atoms with Gasteiger partial charge in [0.1, 0.15) is 5.82 Å². The average Bonchev–Trinajstić information content (AvgIpc) is 2.75. The van der Waals surface area contributed by atoms with E-state index in [1.165, 1.54) is 23.9 Å². The van der Waals surface area contributed by atoms with E-state index in [0.29, 0.717) is 5.65 Å². The van der Waals surface area contributed by atoms with Crippen LogP contribution >= 0.6 is 0 Å². The van der Waals surface area contributed by atoms with Crippen molar-refractivity contribution >= 4 is 11.5 Å². The maximum absolute atomic E-state index is 6.18. The number of anilines is 1. The Morgan fingerprint density at radius 3 is 3.06 bits per heavy atom. The first kappa shape index (κ1) is 11.3. The molecule has 1 saturated carbocycles. The summed E-state index contributed by atoms with van der Waals surface area (Å²) < 4.78 is 1.42. The molecular weight excluding hydrogens is 230 g/mol. The van der Waals surface area contributed by atoms with E-state index in [2.05, 4.69) is 25.9 Å². The fourth-order valence-corrected chi connectivity index (χ4v) is 2.43. The van der Waals surface area contributed by atoms with Gasteiger partial charge in [-0.3, -0.25) is 0 Å². The molecule has 2 aromatic heterocycles. The first-order chi connectivity index (χ1) is 8.83. The number of rotatable bonds is 2. The zero-order chi connectivity index (χ0) is 12.4. The van der Waals surface area contributed by atoms with Gasteiger partial charge in [0.05, 0.1) is 0 Å². The predicted molar refractivity (Wildman–Crippen MR) is 67.0 cm³/mol. The van der Waals surface area contributed by atoms with Gasteiger partial charge < -0.3 is 11.1 Å². The van der Waals surface area contributed by atoms with Gasteiger partial charge in [0.25, 0.3) is 0 Å². The maximum Gasteiger partial charge on any atom is 0.200 e. The standard InChI is InChI=1S/C11H17N7/c12-8-4-2-1-3-5-9(8)13-10-6-7-11-14-16-17-18(11)15-10/h6-9H,1-5,12H2,(H,13,15). The Labute approximate surface area is 105 Å². The van der Waals surface area contributed by atoms with Crippen molar-refractivity contribution in [2.24, 2.45) is 5.73 Å². The van der Waals surface area contributed by atoms with E-state index < -0.39 is 0 Å². The number of fused-ring (bicyclic) bond motifs is 1. The lowest BCUT2D eigenvalue weighted by molar-refractivity contribution is 0.525. The highest BCUT2D eigenvalue weighted by Gasteiger charge is 2.20. The monoisotopic (exact) mass is 247 g/mol. The molecule has 7 nitrogen and oxygen atoms in total. The Bertz CT molecular complexity index is 523. The van der Waals surface area contributed by atoms with Crippen molar-refractivity contribution in [1.29, 1.82) is 0 Å². The molecule has 1 fully saturated rings. The molecular formula is C11H17N7. The number of hydrogen-bond donors (Lipinski definition) is 2. The first-order valence-corrected chi connectivity index (χ1v) is 6.40. The molecule has 0 aliphatic heterocycles. The molecule has 2 atom stereocenters. The van der Waals surface area contributed by atoms with Crippen molar-refractivity contribution in [2.75, 3.05) is 5.32 Å². The van der Waals surface area contributed by atoms with Crippen molar-refractivity contribution in [2.45, 2.75) is 44.2 Å². The number of nitrogens with zero attached hydrogens (tertiary/aromatic N) is 5. The van der Waals surface area contributed by atoms with Crippen LogP contribution in [0.3, 0.4) is 0 Å². The second-order valence-electron chi connectivity index (χ2n) is 4.80. The van der Waals surface area contributed by atoms with Crippen LogP contribution in [-0.4, -0.2) is 37.3 Å². The van der Waals surface area contributed by atoms with Gasteiger partial charge in [-0.25, -0.2) is 0 Å². The molecule has 2 heterocycles. The summed E-state index contributed by atoms with van der Waals surface area (Å²) in [6.07, 6.45) is 5.88. The number of aromatic nitrogens is 5. The van der Waals surface area contributed by atoms with Gasteiger partial charge in [0, 0.05) is 12.1 Å². The van der Waals surface area contributed by atoms with Gasteiger partial charge in [-0.15, -0.1) is 14.8 Å². The fraction of sp³-hybridized carbons (Fsp3) is 0.636. The van der Waals surface area contributed by atoms with Gasteiger partial charge in [-0.1, -0.05) is 19.3 Å². The minimum atomic E-state index is 0.193. The quantitative estimate of drug-likeness (QED) is 0.754. The lowest BCUT2D eigenvalue weighted by Gasteiger charge is -2.22. The predicted octanol–water partition coefficient (Wildman–Crippen LogP) is 0.591. The molecule has 3 N–H and O–H groups in total. The maximum atomic E-state index is 6.18. The topological polar surface area (TPSA) is 94.0 Å². The normalized spacial score (nSPS) is 24.9. The second-order valence-corrected chi connectivity index (χ2v) is 4.80. The van der Waals surface area contributed by atoms with Crippen LogP contribution in [0.4, 0.5) is 5.82 Å². The Kier molecular flexibility index (Phi) is 3.06. The largest absolute Gasteiger partial charge is 0.364 e. The zero-order valence-electron chi connectivity index (χ0n) is 10.2. The third kappa shape index (κ3) is 2.26. The van der Waals surface area contributed by atoms with Gasteiger partial charge in [-0.05, 0) is 35.4 Å². The summed E-state index contributed by atoms with van der Waals surface area (Å²) in [6, 6.07) is 4.22. The molecule has 2 unspecified atom stereocenters. The third-order valence-electron chi connectivity index (χ3n) is 3.47. The molecule has 0 radical (unpaired) electrons. The summed E-state index contributed by atoms with van der Waals surface area (Å²) in [5.74, 6) is 0.775. The fourth-order valence-electron chi connectivity index (χ4n) is 2.43. The average molecular weight is 247 g/mol. The second kappa shape index (κ2) is 4.85. The summed E-state index contributed by atoms with van der Waals surface area (Å²) >= 11 is 0. The van der Waals surface area contributed by atoms with E-state index in [4.69, 9.17) is 5.73 Å². The first-order valence-electron chi connectivity index (χ1n) is 6.40. The Morgan fingerprint density at radius 1 is 1.22 bits per heavy atom. The molecule has 1 aliphatic rings. The molecule has 0 spiro atoms. The van der Waals surface area contributed by atoms with Crippen LogP contribution in [-0.2, 0) is 0 Å². The van der Waals surface area contributed by atoms with E-state index in [1.54, 1.807) is 0 Å². The van der Waals surface area contributed by atoms with E-state index >= 15 is 0 Å². The van der Waals surface area contributed by atoms with Crippen molar-refractivity contribution < 1.29 is 0 Å². The molecule has 2 aromatic rings. The highest BCUT2D eigenvalue weighted by Crippen LogP contribution is 2.19. The van der Waals surface area contributed by atoms with Crippen LogP contribution in [0.25, 0.3) is 5.65 Å². The molecule has 18 heavy (non-hydrogen) atoms. The Hall–Kier alpha value is -1.76. The lowest BCUT2D eigenvalue weighted by atomic mass is 10.0. The van der Waals surface area contributed by atoms with E-state index in [9.17, 15) is 0 Å². The van der Waals surface area contributed by atoms with E-state index in [-0.39, 0.29) is 12.1 Å². The van der Waals surface area contributed by atoms with Gasteiger partial charge in [0.2, 0.25) is 0 Å². The molecule has 96 valence electrons. The van der Waals surface area contributed by atoms with E-state index in [1.807, 2.05) is 12.1 Å². The van der Waals surface area contributed by atoms with Gasteiger partial charge >= 0.3 is 0 Å². The zero-order valence-corrected chi connectivity index (χ0v) is 10.2. The molecule has 1 aliphatic carbocycles. The van der Waals surface area contributed by atoms with E-state index in [0.717, 1.165) is 18.7 Å². The number of tetrazole rings is 1. The Morgan fingerprint density at radius 2 is 2.11 bits per heavy atom. The smallest absolute Gasteiger partial charge is 0.200 e. The van der Waals surface area contributed by atoms with Crippen molar-refractivity contribution in [3.63, 3.8) is 0 Å². The van der Waals surface area contributed by atoms with Gasteiger partial charge in [-0.2, -0.15) is 0 Å². The van der Waals surface area contributed by atoms with Crippen molar-refractivity contribution in [1.82, 2.24) is 25.3 Å². The minimum Gasteiger partial charge on any atom is -0.364 e. The number of nitrogens with two attached hydrogens (primary N) is 1. The molecule has 0 bridgehead atoms. The van der Waals surface area contributed by atoms with Crippen LogP contribution < -0.4 is 11.1 Å². The lowest BCUT2D eigenvalue weighted by Crippen LogP contribution is -2.39. The van der Waals surface area contributed by atoms with Gasteiger partial charge in [0.15, 0.2) is 5.65 Å². The highest BCUT2D eigenvalue weighted by atomic mass is 15.6. The molecule has 3 rings (SSSR count). The van der Waals surface area contributed by atoms with Crippen LogP contribution in [0, 0.1) is 0 Å². The third-order valence-corrected chi connectivity index (χ3v) is 3.47. The summed E-state index contributed by atoms with van der Waals surface area (Å²) in [6.45, 7) is 0. The highest BCUT2D eigenvalue weighted by molar-refractivity contribution is 5.42. The van der Waals surface area contributed by atoms with Crippen LogP contribution in [0.5, 0.6) is 0 Å². The summed E-state index contributed by atoms with van der Waals surface area (Å²) in [5, 5.41) is 18.9. The molecule has 0 saturated heterocycles. The summed E-state index contributed by atoms with van der Waals surface area (Å²) in [5.41, 5.74) is 6.83. The summed E-state index contributed by atoms with van der Waals surface area (Å²) in [4.78, 5) is 0. The molecule has 0 aromatic carbocycles.